The van der Waals surface area contributed by atoms with Crippen LogP contribution in [-0.4, -0.2) is 26.7 Å². The Morgan fingerprint density at radius 2 is 1.70 bits per heavy atom. The van der Waals surface area contributed by atoms with E-state index in [-0.39, 0.29) is 0 Å². The molecule has 3 N–H and O–H groups in total. The Labute approximate surface area is 63.5 Å². The zero-order valence-electron chi connectivity index (χ0n) is 7.04. The summed E-state index contributed by atoms with van der Waals surface area (Å²) < 4.78 is 0. The molecule has 0 rings (SSSR count). The van der Waals surface area contributed by atoms with Gasteiger partial charge in [-0.05, 0) is 13.5 Å². The monoisotopic (exact) mass is 145 g/mol. The van der Waals surface area contributed by atoms with Crippen LogP contribution in [0, 0.1) is 0 Å². The first-order valence-corrected chi connectivity index (χ1v) is 4.02. The summed E-state index contributed by atoms with van der Waals surface area (Å²) in [6.07, 6.45) is 2.49. The molecule has 0 unspecified atom stereocenters. The third-order valence-electron chi connectivity index (χ3n) is 1.28. The normalized spacial score (nSPS) is 10.2. The maximum absolute atomic E-state index is 3.13. The van der Waals surface area contributed by atoms with Crippen molar-refractivity contribution < 1.29 is 0 Å². The van der Waals surface area contributed by atoms with E-state index in [2.05, 4.69) is 23.1 Å². The molecule has 0 aromatic heterocycles. The smallest absolute Gasteiger partial charge is 0.0225 e. The summed E-state index contributed by atoms with van der Waals surface area (Å²) in [5.74, 6) is 0. The van der Waals surface area contributed by atoms with E-state index in [1.807, 2.05) is 7.05 Å². The van der Waals surface area contributed by atoms with Crippen LogP contribution in [0.4, 0.5) is 0 Å². The lowest BCUT2D eigenvalue weighted by Crippen LogP contribution is -2.36. The van der Waals surface area contributed by atoms with Crippen molar-refractivity contribution in [2.45, 2.75) is 19.8 Å². The van der Waals surface area contributed by atoms with Gasteiger partial charge in [0.15, 0.2) is 0 Å². The summed E-state index contributed by atoms with van der Waals surface area (Å²) in [5, 5.41) is 3.06. The topological polar surface area (TPSA) is 36.1 Å². The van der Waals surface area contributed by atoms with Gasteiger partial charge in [-0.15, -0.1) is 0 Å². The third kappa shape index (κ3) is 7.88. The van der Waals surface area contributed by atoms with Crippen LogP contribution in [0.25, 0.3) is 0 Å². The maximum Gasteiger partial charge on any atom is 0.0225 e. The van der Waals surface area contributed by atoms with Gasteiger partial charge in [0, 0.05) is 19.6 Å². The second kappa shape index (κ2) is 8.88. The highest BCUT2D eigenvalue weighted by Crippen LogP contribution is 1.79. The van der Waals surface area contributed by atoms with E-state index in [4.69, 9.17) is 0 Å². The van der Waals surface area contributed by atoms with Crippen LogP contribution < -0.4 is 16.2 Å². The summed E-state index contributed by atoms with van der Waals surface area (Å²) in [6, 6.07) is 0. The minimum atomic E-state index is 0.986. The Kier molecular flexibility index (Phi) is 8.77. The van der Waals surface area contributed by atoms with Crippen LogP contribution in [0.1, 0.15) is 19.8 Å². The lowest BCUT2D eigenvalue weighted by atomic mass is 10.3. The zero-order chi connectivity index (χ0) is 7.66. The van der Waals surface area contributed by atoms with E-state index in [0.717, 1.165) is 19.6 Å². The van der Waals surface area contributed by atoms with Crippen molar-refractivity contribution in [2.24, 2.45) is 0 Å². The number of likely N-dealkylation sites (N-methyl/N-ethyl adjacent to an activating group) is 1. The summed E-state index contributed by atoms with van der Waals surface area (Å²) in [7, 11) is 1.95. The van der Waals surface area contributed by atoms with Crippen LogP contribution in [-0.2, 0) is 0 Å². The van der Waals surface area contributed by atoms with Crippen molar-refractivity contribution in [1.82, 2.24) is 16.2 Å². The van der Waals surface area contributed by atoms with Crippen LogP contribution in [0.5, 0.6) is 0 Å². The first kappa shape index (κ1) is 9.88. The molecule has 10 heavy (non-hydrogen) atoms. The van der Waals surface area contributed by atoms with Gasteiger partial charge in [-0.2, -0.15) is 0 Å². The molecule has 0 atom stereocenters. The van der Waals surface area contributed by atoms with Crippen molar-refractivity contribution in [1.29, 1.82) is 0 Å². The first-order valence-electron chi connectivity index (χ1n) is 4.02. The van der Waals surface area contributed by atoms with E-state index < -0.39 is 0 Å². The van der Waals surface area contributed by atoms with Gasteiger partial charge in [-0.3, -0.25) is 10.9 Å². The molecule has 0 bridgehead atoms. The van der Waals surface area contributed by atoms with E-state index in [0.29, 0.717) is 0 Å². The van der Waals surface area contributed by atoms with Gasteiger partial charge in [0.25, 0.3) is 0 Å². The standard InChI is InChI=1S/C7H19N3/c1-3-4-5-9-10-7-6-8-2/h8-10H,3-7H2,1-2H3. The second-order valence-electron chi connectivity index (χ2n) is 2.31. The van der Waals surface area contributed by atoms with E-state index in [1.165, 1.54) is 12.8 Å². The van der Waals surface area contributed by atoms with Crippen molar-refractivity contribution in [2.75, 3.05) is 26.7 Å². The van der Waals surface area contributed by atoms with Gasteiger partial charge in [-0.25, -0.2) is 0 Å². The van der Waals surface area contributed by atoms with E-state index in [9.17, 15) is 0 Å². The molecule has 3 nitrogen and oxygen atoms in total. The van der Waals surface area contributed by atoms with E-state index in [1.54, 1.807) is 0 Å². The Hall–Kier alpha value is -0.120. The highest BCUT2D eigenvalue weighted by Gasteiger charge is 1.82. The molecule has 0 fully saturated rings. The molecule has 0 aliphatic carbocycles. The van der Waals surface area contributed by atoms with Gasteiger partial charge in [0.05, 0.1) is 0 Å². The minimum absolute atomic E-state index is 0.986. The average molecular weight is 145 g/mol. The maximum atomic E-state index is 3.13. The minimum Gasteiger partial charge on any atom is -0.318 e. The van der Waals surface area contributed by atoms with Crippen molar-refractivity contribution in [3.8, 4) is 0 Å². The Morgan fingerprint density at radius 3 is 2.30 bits per heavy atom. The molecule has 0 aromatic carbocycles. The molecule has 0 spiro atoms. The molecule has 0 saturated heterocycles. The number of nitrogens with one attached hydrogen (secondary N) is 3. The molecule has 3 heteroatoms. The Bertz CT molecular complexity index is 48.8. The molecule has 0 amide bonds. The predicted molar refractivity (Wildman–Crippen MR) is 44.8 cm³/mol. The van der Waals surface area contributed by atoms with Crippen LogP contribution in [0.3, 0.4) is 0 Å². The molecule has 0 heterocycles. The fraction of sp³-hybridized carbons (Fsp3) is 1.00. The number of rotatable bonds is 7. The number of hydrazine groups is 1. The molecule has 62 valence electrons. The molecule has 0 radical (unpaired) electrons. The molecule has 0 aliphatic rings. The highest BCUT2D eigenvalue weighted by molar-refractivity contribution is 4.44. The Morgan fingerprint density at radius 1 is 1.00 bits per heavy atom. The Balaban J connectivity index is 2.65. The molecule has 0 saturated carbocycles. The van der Waals surface area contributed by atoms with Crippen LogP contribution in [0.15, 0.2) is 0 Å². The first-order chi connectivity index (χ1) is 4.91. The fourth-order valence-corrected chi connectivity index (χ4v) is 0.629. The highest BCUT2D eigenvalue weighted by atomic mass is 15.3. The summed E-state index contributed by atoms with van der Waals surface area (Å²) in [5.41, 5.74) is 6.24. The summed E-state index contributed by atoms with van der Waals surface area (Å²) in [6.45, 7) is 5.26. The van der Waals surface area contributed by atoms with Gasteiger partial charge < -0.3 is 5.32 Å². The summed E-state index contributed by atoms with van der Waals surface area (Å²) >= 11 is 0. The van der Waals surface area contributed by atoms with Gasteiger partial charge in [-0.1, -0.05) is 13.3 Å². The molecule has 0 aromatic rings. The van der Waals surface area contributed by atoms with Crippen LogP contribution >= 0.6 is 0 Å². The van der Waals surface area contributed by atoms with Gasteiger partial charge in [0.2, 0.25) is 0 Å². The largest absolute Gasteiger partial charge is 0.318 e. The lowest BCUT2D eigenvalue weighted by molar-refractivity contribution is 0.512. The van der Waals surface area contributed by atoms with Crippen LogP contribution in [0.2, 0.25) is 0 Å². The summed E-state index contributed by atoms with van der Waals surface area (Å²) in [4.78, 5) is 0. The SMILES string of the molecule is CCCCNNCCNC. The number of unbranched alkanes of at least 4 members (excludes halogenated alkanes) is 1. The van der Waals surface area contributed by atoms with Crippen molar-refractivity contribution >= 4 is 0 Å². The van der Waals surface area contributed by atoms with Gasteiger partial charge in [0.1, 0.15) is 0 Å². The average Bonchev–Trinajstić information content (AvgIpc) is 1.97. The zero-order valence-corrected chi connectivity index (χ0v) is 7.04. The molecular weight excluding hydrogens is 126 g/mol. The predicted octanol–water partition coefficient (Wildman–Crippen LogP) is 0.100. The van der Waals surface area contributed by atoms with Crippen molar-refractivity contribution in [3.05, 3.63) is 0 Å². The molecule has 0 aliphatic heterocycles. The van der Waals surface area contributed by atoms with Gasteiger partial charge >= 0.3 is 0 Å². The molecular formula is C7H19N3. The quantitative estimate of drug-likeness (QED) is 0.351. The number of hydrogen-bond acceptors (Lipinski definition) is 3. The third-order valence-corrected chi connectivity index (χ3v) is 1.28. The lowest BCUT2D eigenvalue weighted by Gasteiger charge is -2.04. The second-order valence-corrected chi connectivity index (χ2v) is 2.31. The van der Waals surface area contributed by atoms with E-state index >= 15 is 0 Å². The fourth-order valence-electron chi connectivity index (χ4n) is 0.629. The number of hydrogen-bond donors (Lipinski definition) is 3. The van der Waals surface area contributed by atoms with Crippen molar-refractivity contribution in [3.63, 3.8) is 0 Å².